The Hall–Kier alpha value is -3.74. The molecule has 0 amide bonds. The molecule has 0 atom stereocenters. The van der Waals surface area contributed by atoms with Crippen molar-refractivity contribution in [2.45, 2.75) is 6.92 Å². The van der Waals surface area contributed by atoms with Crippen molar-refractivity contribution >= 4 is 5.78 Å². The number of imidazole rings is 2. The Morgan fingerprint density at radius 3 is 2.82 bits per heavy atom. The van der Waals surface area contributed by atoms with Crippen molar-refractivity contribution in [1.29, 1.82) is 0 Å². The largest absolute Gasteiger partial charge is 0.496 e. The molecule has 0 saturated carbocycles. The van der Waals surface area contributed by atoms with E-state index in [1.54, 1.807) is 43.4 Å². The lowest BCUT2D eigenvalue weighted by molar-refractivity contribution is 0.102. The number of rotatable bonds is 5. The summed E-state index contributed by atoms with van der Waals surface area (Å²) in [6, 6.07) is 11.9. The molecule has 2 aromatic carbocycles. The normalized spacial score (nSPS) is 10.8. The Kier molecular flexibility index (Phi) is 4.49. The lowest BCUT2D eigenvalue weighted by atomic mass is 10.0. The molecule has 2 heterocycles. The van der Waals surface area contributed by atoms with E-state index in [9.17, 15) is 9.18 Å². The molecule has 4 rings (SSSR count). The van der Waals surface area contributed by atoms with Crippen LogP contribution in [0, 0.1) is 12.7 Å². The molecule has 6 nitrogen and oxygen atoms in total. The number of halogens is 1. The fourth-order valence-electron chi connectivity index (χ4n) is 2.97. The van der Waals surface area contributed by atoms with Gasteiger partial charge in [-0.25, -0.2) is 14.4 Å². The minimum atomic E-state index is -0.342. The number of nitrogens with zero attached hydrogens (tertiary/aromatic N) is 3. The van der Waals surface area contributed by atoms with Gasteiger partial charge in [-0.3, -0.25) is 4.79 Å². The van der Waals surface area contributed by atoms with Gasteiger partial charge in [-0.2, -0.15) is 0 Å². The molecular formula is C21H17FN4O2. The highest BCUT2D eigenvalue weighted by Gasteiger charge is 2.16. The number of ketones is 1. The van der Waals surface area contributed by atoms with Crippen molar-refractivity contribution in [2.75, 3.05) is 7.11 Å². The zero-order valence-electron chi connectivity index (χ0n) is 15.3. The van der Waals surface area contributed by atoms with E-state index in [-0.39, 0.29) is 23.1 Å². The predicted octanol–water partition coefficient (Wildman–Crippen LogP) is 3.95. The second-order valence-electron chi connectivity index (χ2n) is 6.28. The number of aromatic amines is 1. The summed E-state index contributed by atoms with van der Waals surface area (Å²) in [7, 11) is 1.55. The first-order chi connectivity index (χ1) is 13.5. The van der Waals surface area contributed by atoms with E-state index in [2.05, 4.69) is 15.0 Å². The van der Waals surface area contributed by atoms with Gasteiger partial charge >= 0.3 is 0 Å². The van der Waals surface area contributed by atoms with Gasteiger partial charge in [-0.05, 0) is 42.8 Å². The monoisotopic (exact) mass is 376 g/mol. The third-order valence-electron chi connectivity index (χ3n) is 4.35. The van der Waals surface area contributed by atoms with Gasteiger partial charge in [0.1, 0.15) is 23.6 Å². The van der Waals surface area contributed by atoms with Crippen LogP contribution in [0.1, 0.15) is 22.0 Å². The number of carbonyl (C=O) groups excluding carboxylic acids is 1. The van der Waals surface area contributed by atoms with E-state index in [0.29, 0.717) is 11.3 Å². The van der Waals surface area contributed by atoms with Crippen LogP contribution in [0.15, 0.2) is 61.2 Å². The zero-order chi connectivity index (χ0) is 19.7. The van der Waals surface area contributed by atoms with E-state index < -0.39 is 0 Å². The number of hydrogen-bond acceptors (Lipinski definition) is 4. The van der Waals surface area contributed by atoms with Gasteiger partial charge in [-0.15, -0.1) is 0 Å². The minimum absolute atomic E-state index is 0.251. The summed E-state index contributed by atoms with van der Waals surface area (Å²) in [6.07, 6.45) is 4.87. The Balaban J connectivity index is 1.69. The van der Waals surface area contributed by atoms with E-state index in [0.717, 1.165) is 16.9 Å². The van der Waals surface area contributed by atoms with Gasteiger partial charge in [0.2, 0.25) is 5.78 Å². The SMILES string of the molecule is COc1ccc(F)cc1-c1cccc(-n2cnc(C(=O)c3nc(C)c[nH]3)c2)c1. The molecule has 0 saturated heterocycles. The lowest BCUT2D eigenvalue weighted by Gasteiger charge is -2.10. The number of nitrogens with one attached hydrogen (secondary N) is 1. The Morgan fingerprint density at radius 1 is 1.21 bits per heavy atom. The third-order valence-corrected chi connectivity index (χ3v) is 4.35. The van der Waals surface area contributed by atoms with Crippen LogP contribution in [0.4, 0.5) is 4.39 Å². The van der Waals surface area contributed by atoms with Crippen LogP contribution in [-0.4, -0.2) is 32.4 Å². The molecule has 1 N–H and O–H groups in total. The molecule has 0 bridgehead atoms. The zero-order valence-corrected chi connectivity index (χ0v) is 15.3. The van der Waals surface area contributed by atoms with Gasteiger partial charge in [0, 0.05) is 23.6 Å². The second-order valence-corrected chi connectivity index (χ2v) is 6.28. The van der Waals surface area contributed by atoms with Gasteiger partial charge < -0.3 is 14.3 Å². The molecular weight excluding hydrogens is 359 g/mol. The van der Waals surface area contributed by atoms with Crippen molar-refractivity contribution < 1.29 is 13.9 Å². The maximum absolute atomic E-state index is 13.7. The maximum atomic E-state index is 13.7. The molecule has 0 aliphatic rings. The smallest absolute Gasteiger partial charge is 0.248 e. The highest BCUT2D eigenvalue weighted by molar-refractivity contribution is 6.05. The van der Waals surface area contributed by atoms with Crippen LogP contribution in [0.3, 0.4) is 0 Å². The van der Waals surface area contributed by atoms with Crippen molar-refractivity contribution in [2.24, 2.45) is 0 Å². The molecule has 0 aliphatic carbocycles. The van der Waals surface area contributed by atoms with Gasteiger partial charge in [-0.1, -0.05) is 12.1 Å². The standard InChI is InChI=1S/C21H17FN4O2/c1-13-10-23-21(25-13)20(27)18-11-26(12-24-18)16-5-3-4-14(8-16)17-9-15(22)6-7-19(17)28-2/h3-12H,1-2H3,(H,23,25). The molecule has 0 radical (unpaired) electrons. The fourth-order valence-corrected chi connectivity index (χ4v) is 2.97. The number of hydrogen-bond donors (Lipinski definition) is 1. The quantitative estimate of drug-likeness (QED) is 0.535. The van der Waals surface area contributed by atoms with Gasteiger partial charge in [0.05, 0.1) is 12.8 Å². The number of aromatic nitrogens is 4. The number of methoxy groups -OCH3 is 1. The number of benzene rings is 2. The summed E-state index contributed by atoms with van der Waals surface area (Å²) in [4.78, 5) is 23.7. The fraction of sp³-hybridized carbons (Fsp3) is 0.0952. The van der Waals surface area contributed by atoms with Crippen LogP contribution < -0.4 is 4.74 Å². The molecule has 140 valence electrons. The molecule has 28 heavy (non-hydrogen) atoms. The van der Waals surface area contributed by atoms with Crippen molar-refractivity contribution in [3.8, 4) is 22.6 Å². The first-order valence-corrected chi connectivity index (χ1v) is 8.60. The van der Waals surface area contributed by atoms with Crippen molar-refractivity contribution in [1.82, 2.24) is 19.5 Å². The number of carbonyl (C=O) groups is 1. The highest BCUT2D eigenvalue weighted by Crippen LogP contribution is 2.31. The predicted molar refractivity (Wildman–Crippen MR) is 102 cm³/mol. The van der Waals surface area contributed by atoms with E-state index in [1.165, 1.54) is 12.1 Å². The second kappa shape index (κ2) is 7.11. The van der Waals surface area contributed by atoms with Crippen LogP contribution in [0.25, 0.3) is 16.8 Å². The van der Waals surface area contributed by atoms with Gasteiger partial charge in [0.15, 0.2) is 5.82 Å². The Morgan fingerprint density at radius 2 is 2.07 bits per heavy atom. The third kappa shape index (κ3) is 3.29. The van der Waals surface area contributed by atoms with Crippen LogP contribution in [0.5, 0.6) is 5.75 Å². The average molecular weight is 376 g/mol. The van der Waals surface area contributed by atoms with Gasteiger partial charge in [0.25, 0.3) is 0 Å². The highest BCUT2D eigenvalue weighted by atomic mass is 19.1. The Bertz CT molecular complexity index is 1160. The van der Waals surface area contributed by atoms with E-state index in [1.807, 2.05) is 24.3 Å². The number of H-pyrrole nitrogens is 1. The summed E-state index contributed by atoms with van der Waals surface area (Å²) < 4.78 is 20.8. The number of ether oxygens (including phenoxy) is 1. The molecule has 7 heteroatoms. The van der Waals surface area contributed by atoms with E-state index >= 15 is 0 Å². The van der Waals surface area contributed by atoms with Crippen molar-refractivity contribution in [3.05, 3.63) is 84.2 Å². The summed E-state index contributed by atoms with van der Waals surface area (Å²) in [5.41, 5.74) is 3.23. The maximum Gasteiger partial charge on any atom is 0.248 e. The molecule has 4 aromatic rings. The van der Waals surface area contributed by atoms with Crippen LogP contribution >= 0.6 is 0 Å². The molecule has 0 unspecified atom stereocenters. The summed E-state index contributed by atoms with van der Waals surface area (Å²) in [5.74, 6) is 0.203. The summed E-state index contributed by atoms with van der Waals surface area (Å²) >= 11 is 0. The first-order valence-electron chi connectivity index (χ1n) is 8.60. The number of aryl methyl sites for hydroxylation is 1. The Labute approximate surface area is 160 Å². The molecule has 0 spiro atoms. The first kappa shape index (κ1) is 17.7. The van der Waals surface area contributed by atoms with E-state index in [4.69, 9.17) is 4.74 Å². The molecule has 2 aromatic heterocycles. The lowest BCUT2D eigenvalue weighted by Crippen LogP contribution is -2.04. The van der Waals surface area contributed by atoms with Crippen LogP contribution in [0.2, 0.25) is 0 Å². The topological polar surface area (TPSA) is 72.8 Å². The average Bonchev–Trinajstić information content (AvgIpc) is 3.37. The van der Waals surface area contributed by atoms with Crippen LogP contribution in [-0.2, 0) is 0 Å². The van der Waals surface area contributed by atoms with Crippen molar-refractivity contribution in [3.63, 3.8) is 0 Å². The molecule has 0 fully saturated rings. The molecule has 0 aliphatic heterocycles. The summed E-state index contributed by atoms with van der Waals surface area (Å²) in [5, 5.41) is 0. The minimum Gasteiger partial charge on any atom is -0.496 e. The summed E-state index contributed by atoms with van der Waals surface area (Å²) in [6.45, 7) is 1.80.